The summed E-state index contributed by atoms with van der Waals surface area (Å²) in [4.78, 5) is 11.3. The zero-order chi connectivity index (χ0) is 14.5. The van der Waals surface area contributed by atoms with Crippen LogP contribution in [0.2, 0.25) is 5.02 Å². The molecular weight excluding hydrogens is 269 g/mol. The van der Waals surface area contributed by atoms with E-state index in [0.29, 0.717) is 5.56 Å². The Morgan fingerprint density at radius 3 is 2.74 bits per heavy atom. The van der Waals surface area contributed by atoms with Crippen molar-refractivity contribution in [3.63, 3.8) is 0 Å². The molecule has 19 heavy (non-hydrogen) atoms. The van der Waals surface area contributed by atoms with Gasteiger partial charge in [-0.05, 0) is 39.0 Å². The SMILES string of the molecule is CC(C)(C)OC(=O)NCC#Cc1ccc(F)c(Cl)c1. The number of rotatable bonds is 1. The topological polar surface area (TPSA) is 38.3 Å². The Kier molecular flexibility index (Phi) is 5.20. The molecule has 1 rings (SSSR count). The Labute approximate surface area is 117 Å². The molecule has 0 saturated carbocycles. The highest BCUT2D eigenvalue weighted by atomic mass is 35.5. The Bertz CT molecular complexity index is 526. The van der Waals surface area contributed by atoms with Gasteiger partial charge in [-0.1, -0.05) is 23.4 Å². The molecule has 0 aliphatic rings. The number of ether oxygens (including phenoxy) is 1. The molecule has 1 aromatic rings. The third kappa shape index (κ3) is 6.12. The zero-order valence-corrected chi connectivity index (χ0v) is 11.8. The molecule has 3 nitrogen and oxygen atoms in total. The lowest BCUT2D eigenvalue weighted by Gasteiger charge is -2.18. The average Bonchev–Trinajstić information content (AvgIpc) is 2.27. The van der Waals surface area contributed by atoms with Crippen molar-refractivity contribution in [1.82, 2.24) is 5.32 Å². The second-order valence-corrected chi connectivity index (χ2v) is 5.19. The van der Waals surface area contributed by atoms with E-state index < -0.39 is 17.5 Å². The summed E-state index contributed by atoms with van der Waals surface area (Å²) in [6, 6.07) is 4.19. The van der Waals surface area contributed by atoms with Gasteiger partial charge < -0.3 is 10.1 Å². The molecule has 0 unspecified atom stereocenters. The van der Waals surface area contributed by atoms with Gasteiger partial charge >= 0.3 is 6.09 Å². The first-order valence-corrected chi connectivity index (χ1v) is 6.06. The van der Waals surface area contributed by atoms with E-state index in [1.807, 2.05) is 0 Å². The third-order valence-corrected chi connectivity index (χ3v) is 2.16. The summed E-state index contributed by atoms with van der Waals surface area (Å²) in [6.07, 6.45) is -0.529. The maximum absolute atomic E-state index is 12.9. The van der Waals surface area contributed by atoms with Crippen molar-refractivity contribution < 1.29 is 13.9 Å². The van der Waals surface area contributed by atoms with Gasteiger partial charge in [-0.15, -0.1) is 0 Å². The van der Waals surface area contributed by atoms with Crippen LogP contribution in [0.25, 0.3) is 0 Å². The summed E-state index contributed by atoms with van der Waals surface area (Å²) in [5.41, 5.74) is 0.0412. The molecule has 0 radical (unpaired) electrons. The normalized spacial score (nSPS) is 10.4. The van der Waals surface area contributed by atoms with E-state index in [9.17, 15) is 9.18 Å². The van der Waals surface area contributed by atoms with Gasteiger partial charge in [0.25, 0.3) is 0 Å². The van der Waals surface area contributed by atoms with Crippen molar-refractivity contribution in [3.05, 3.63) is 34.6 Å². The monoisotopic (exact) mass is 283 g/mol. The van der Waals surface area contributed by atoms with Crippen molar-refractivity contribution in [2.24, 2.45) is 0 Å². The quantitative estimate of drug-likeness (QED) is 0.803. The molecule has 0 fully saturated rings. The molecule has 102 valence electrons. The predicted molar refractivity (Wildman–Crippen MR) is 72.5 cm³/mol. The summed E-state index contributed by atoms with van der Waals surface area (Å²) < 4.78 is 17.9. The van der Waals surface area contributed by atoms with Crippen molar-refractivity contribution in [2.45, 2.75) is 26.4 Å². The smallest absolute Gasteiger partial charge is 0.408 e. The molecule has 0 aliphatic heterocycles. The minimum Gasteiger partial charge on any atom is -0.444 e. The number of carbonyl (C=O) groups is 1. The van der Waals surface area contributed by atoms with Gasteiger partial charge in [0.1, 0.15) is 11.4 Å². The summed E-state index contributed by atoms with van der Waals surface area (Å²) in [6.45, 7) is 5.47. The minimum atomic E-state index is -0.540. The van der Waals surface area contributed by atoms with Crippen LogP contribution in [0, 0.1) is 17.7 Å². The molecule has 1 aromatic carbocycles. The number of benzene rings is 1. The molecule has 5 heteroatoms. The Balaban J connectivity index is 2.47. The highest BCUT2D eigenvalue weighted by molar-refractivity contribution is 6.30. The van der Waals surface area contributed by atoms with Crippen LogP contribution in [0.4, 0.5) is 9.18 Å². The Morgan fingerprint density at radius 2 is 2.16 bits per heavy atom. The highest BCUT2D eigenvalue weighted by Crippen LogP contribution is 2.15. The average molecular weight is 284 g/mol. The molecule has 0 spiro atoms. The number of nitrogens with one attached hydrogen (secondary N) is 1. The van der Waals surface area contributed by atoms with Gasteiger partial charge in [0.15, 0.2) is 0 Å². The lowest BCUT2D eigenvalue weighted by molar-refractivity contribution is 0.0535. The minimum absolute atomic E-state index is 0.0203. The number of hydrogen-bond donors (Lipinski definition) is 1. The summed E-state index contributed by atoms with van der Waals surface area (Å²) in [7, 11) is 0. The second kappa shape index (κ2) is 6.44. The van der Waals surface area contributed by atoms with Gasteiger partial charge in [0.05, 0.1) is 11.6 Å². The van der Waals surface area contributed by atoms with Crippen LogP contribution < -0.4 is 5.32 Å². The zero-order valence-electron chi connectivity index (χ0n) is 11.0. The lowest BCUT2D eigenvalue weighted by atomic mass is 10.2. The fourth-order valence-electron chi connectivity index (χ4n) is 1.15. The van der Waals surface area contributed by atoms with E-state index >= 15 is 0 Å². The van der Waals surface area contributed by atoms with Crippen molar-refractivity contribution in [1.29, 1.82) is 0 Å². The van der Waals surface area contributed by atoms with E-state index in [1.165, 1.54) is 18.2 Å². The van der Waals surface area contributed by atoms with Gasteiger partial charge in [-0.3, -0.25) is 0 Å². The second-order valence-electron chi connectivity index (χ2n) is 4.79. The maximum Gasteiger partial charge on any atom is 0.408 e. The van der Waals surface area contributed by atoms with Gasteiger partial charge in [-0.2, -0.15) is 0 Å². The molecule has 1 N–H and O–H groups in total. The molecule has 1 amide bonds. The maximum atomic E-state index is 12.9. The third-order valence-electron chi connectivity index (χ3n) is 1.87. The number of amides is 1. The summed E-state index contributed by atoms with van der Waals surface area (Å²) >= 11 is 5.62. The first-order valence-electron chi connectivity index (χ1n) is 5.69. The number of hydrogen-bond acceptors (Lipinski definition) is 2. The van der Waals surface area contributed by atoms with Crippen LogP contribution in [0.5, 0.6) is 0 Å². The Hall–Kier alpha value is -1.73. The summed E-state index contributed by atoms with van der Waals surface area (Å²) in [5, 5.41) is 2.51. The van der Waals surface area contributed by atoms with Crippen LogP contribution >= 0.6 is 11.6 Å². The van der Waals surface area contributed by atoms with Crippen LogP contribution in [-0.4, -0.2) is 18.2 Å². The van der Waals surface area contributed by atoms with E-state index in [1.54, 1.807) is 20.8 Å². The first-order chi connectivity index (χ1) is 8.78. The fraction of sp³-hybridized carbons (Fsp3) is 0.357. The van der Waals surface area contributed by atoms with E-state index in [0.717, 1.165) is 0 Å². The fourth-order valence-corrected chi connectivity index (χ4v) is 1.33. The van der Waals surface area contributed by atoms with Crippen LogP contribution in [0.15, 0.2) is 18.2 Å². The molecule has 0 heterocycles. The first kappa shape index (κ1) is 15.3. The molecular formula is C14H15ClFNO2. The Morgan fingerprint density at radius 1 is 1.47 bits per heavy atom. The highest BCUT2D eigenvalue weighted by Gasteiger charge is 2.14. The van der Waals surface area contributed by atoms with Crippen LogP contribution in [-0.2, 0) is 4.74 Å². The predicted octanol–water partition coefficient (Wildman–Crippen LogP) is 3.36. The van der Waals surface area contributed by atoms with Gasteiger partial charge in [0, 0.05) is 5.56 Å². The van der Waals surface area contributed by atoms with Crippen molar-refractivity contribution >= 4 is 17.7 Å². The largest absolute Gasteiger partial charge is 0.444 e. The molecule has 0 atom stereocenters. The number of halogens is 2. The van der Waals surface area contributed by atoms with Gasteiger partial charge in [-0.25, -0.2) is 9.18 Å². The van der Waals surface area contributed by atoms with Crippen molar-refractivity contribution in [3.8, 4) is 11.8 Å². The molecule has 0 saturated heterocycles. The standard InChI is InChI=1S/C14H15ClFNO2/c1-14(2,3)19-13(18)17-8-4-5-10-6-7-12(16)11(15)9-10/h6-7,9H,8H2,1-3H3,(H,17,18). The summed E-state index contributed by atoms with van der Waals surface area (Å²) in [5.74, 6) is 4.99. The lowest BCUT2D eigenvalue weighted by Crippen LogP contribution is -2.32. The number of carbonyl (C=O) groups excluding carboxylic acids is 1. The number of alkyl carbamates (subject to hydrolysis) is 1. The van der Waals surface area contributed by atoms with Crippen LogP contribution in [0.3, 0.4) is 0 Å². The molecule has 0 aliphatic carbocycles. The molecule has 0 bridgehead atoms. The van der Waals surface area contributed by atoms with E-state index in [-0.39, 0.29) is 11.6 Å². The van der Waals surface area contributed by atoms with Gasteiger partial charge in [0.2, 0.25) is 0 Å². The molecule has 0 aromatic heterocycles. The van der Waals surface area contributed by atoms with E-state index in [2.05, 4.69) is 17.2 Å². The van der Waals surface area contributed by atoms with Crippen molar-refractivity contribution in [2.75, 3.05) is 6.54 Å². The van der Waals surface area contributed by atoms with Crippen LogP contribution in [0.1, 0.15) is 26.3 Å². The van der Waals surface area contributed by atoms with E-state index in [4.69, 9.17) is 16.3 Å².